The molecule has 4 heteroatoms. The van der Waals surface area contributed by atoms with E-state index in [9.17, 15) is 0 Å². The minimum absolute atomic E-state index is 0.218. The fourth-order valence-electron chi connectivity index (χ4n) is 2.07. The summed E-state index contributed by atoms with van der Waals surface area (Å²) in [5.74, 6) is 1.48. The van der Waals surface area contributed by atoms with E-state index in [4.69, 9.17) is 16.3 Å². The van der Waals surface area contributed by atoms with Gasteiger partial charge < -0.3 is 10.1 Å². The van der Waals surface area contributed by atoms with Gasteiger partial charge in [-0.25, -0.2) is 0 Å². The van der Waals surface area contributed by atoms with Gasteiger partial charge in [-0.15, -0.1) is 0 Å². The van der Waals surface area contributed by atoms with Crippen molar-refractivity contribution in [2.75, 3.05) is 6.54 Å². The van der Waals surface area contributed by atoms with Crippen LogP contribution in [0.3, 0.4) is 0 Å². The van der Waals surface area contributed by atoms with E-state index in [1.165, 1.54) is 0 Å². The Bertz CT molecular complexity index is 603. The maximum Gasteiger partial charge on any atom is 0.146 e. The van der Waals surface area contributed by atoms with E-state index in [1.54, 1.807) is 0 Å². The lowest BCUT2D eigenvalue weighted by atomic mass is 10.1. The van der Waals surface area contributed by atoms with E-state index < -0.39 is 0 Å². The molecular weight excluding hydrogens is 350 g/mol. The van der Waals surface area contributed by atoms with Gasteiger partial charge in [0, 0.05) is 16.1 Å². The van der Waals surface area contributed by atoms with Crippen molar-refractivity contribution < 1.29 is 4.74 Å². The summed E-state index contributed by atoms with van der Waals surface area (Å²) in [7, 11) is 0. The molecule has 0 spiro atoms. The van der Waals surface area contributed by atoms with Crippen LogP contribution >= 0.6 is 27.5 Å². The number of hydrogen-bond donors (Lipinski definition) is 1. The lowest BCUT2D eigenvalue weighted by Crippen LogP contribution is -2.19. The highest BCUT2D eigenvalue weighted by atomic mass is 79.9. The number of nitrogens with one attached hydrogen (secondary N) is 1. The Kier molecular flexibility index (Phi) is 6.09. The number of rotatable bonds is 6. The largest absolute Gasteiger partial charge is 0.455 e. The molecule has 2 aromatic carbocycles. The average molecular weight is 369 g/mol. The second-order valence-electron chi connectivity index (χ2n) is 4.89. The van der Waals surface area contributed by atoms with Crippen molar-refractivity contribution in [3.05, 3.63) is 57.5 Å². The maximum atomic E-state index is 6.18. The van der Waals surface area contributed by atoms with Crippen LogP contribution in [0.25, 0.3) is 0 Å². The molecule has 0 bridgehead atoms. The summed E-state index contributed by atoms with van der Waals surface area (Å²) in [6.45, 7) is 5.27. The summed E-state index contributed by atoms with van der Waals surface area (Å²) in [5, 5.41) is 4.09. The van der Waals surface area contributed by atoms with Crippen LogP contribution in [0.2, 0.25) is 5.02 Å². The van der Waals surface area contributed by atoms with Gasteiger partial charge >= 0.3 is 0 Å². The molecule has 0 aromatic heterocycles. The first-order valence-corrected chi connectivity index (χ1v) is 8.24. The molecule has 0 saturated heterocycles. The Morgan fingerprint density at radius 2 is 1.95 bits per heavy atom. The van der Waals surface area contributed by atoms with Crippen molar-refractivity contribution in [1.82, 2.24) is 5.32 Å². The quantitative estimate of drug-likeness (QED) is 0.679. The Morgan fingerprint density at radius 3 is 2.67 bits per heavy atom. The zero-order valence-corrected chi connectivity index (χ0v) is 14.5. The summed E-state index contributed by atoms with van der Waals surface area (Å²) < 4.78 is 7.00. The molecule has 1 atom stereocenters. The predicted molar refractivity (Wildman–Crippen MR) is 92.4 cm³/mol. The van der Waals surface area contributed by atoms with Crippen molar-refractivity contribution in [1.29, 1.82) is 0 Å². The molecule has 1 unspecified atom stereocenters. The topological polar surface area (TPSA) is 21.3 Å². The summed E-state index contributed by atoms with van der Waals surface area (Å²) in [5.41, 5.74) is 1.12. The molecule has 2 nitrogen and oxygen atoms in total. The van der Waals surface area contributed by atoms with Gasteiger partial charge in [0.25, 0.3) is 0 Å². The number of halogens is 2. The molecule has 2 aromatic rings. The molecule has 0 heterocycles. The van der Waals surface area contributed by atoms with Gasteiger partial charge in [-0.1, -0.05) is 52.7 Å². The van der Waals surface area contributed by atoms with E-state index >= 15 is 0 Å². The highest BCUT2D eigenvalue weighted by Gasteiger charge is 2.13. The Hall–Kier alpha value is -1.03. The van der Waals surface area contributed by atoms with Crippen LogP contribution in [-0.2, 0) is 0 Å². The third-order valence-electron chi connectivity index (χ3n) is 3.20. The van der Waals surface area contributed by atoms with Gasteiger partial charge in [-0.3, -0.25) is 0 Å². The predicted octanol–water partition coefficient (Wildman–Crippen LogP) is 5.96. The van der Waals surface area contributed by atoms with E-state index in [-0.39, 0.29) is 6.04 Å². The maximum absolute atomic E-state index is 6.18. The number of ether oxygens (including phenoxy) is 1. The zero-order valence-electron chi connectivity index (χ0n) is 12.2. The summed E-state index contributed by atoms with van der Waals surface area (Å²) in [6, 6.07) is 13.8. The Morgan fingerprint density at radius 1 is 1.19 bits per heavy atom. The number of hydrogen-bond acceptors (Lipinski definition) is 2. The van der Waals surface area contributed by atoms with Crippen molar-refractivity contribution in [2.45, 2.75) is 26.3 Å². The molecule has 0 aliphatic carbocycles. The Labute approximate surface area is 139 Å². The van der Waals surface area contributed by atoms with Crippen LogP contribution in [0, 0.1) is 0 Å². The lowest BCUT2D eigenvalue weighted by Gasteiger charge is -2.18. The van der Waals surface area contributed by atoms with Crippen molar-refractivity contribution in [3.8, 4) is 11.5 Å². The Balaban J connectivity index is 2.29. The summed E-state index contributed by atoms with van der Waals surface area (Å²) in [4.78, 5) is 0. The van der Waals surface area contributed by atoms with Gasteiger partial charge in [-0.2, -0.15) is 0 Å². The van der Waals surface area contributed by atoms with Gasteiger partial charge in [0.1, 0.15) is 11.5 Å². The third-order valence-corrected chi connectivity index (χ3v) is 4.00. The van der Waals surface area contributed by atoms with E-state index in [2.05, 4.69) is 41.2 Å². The van der Waals surface area contributed by atoms with Gasteiger partial charge in [-0.05, 0) is 44.2 Å². The molecule has 1 N–H and O–H groups in total. The van der Waals surface area contributed by atoms with Crippen molar-refractivity contribution in [3.63, 3.8) is 0 Å². The lowest BCUT2D eigenvalue weighted by molar-refractivity contribution is 0.461. The average Bonchev–Trinajstić information content (AvgIpc) is 2.47. The smallest absolute Gasteiger partial charge is 0.146 e. The standard InChI is InChI=1S/C17H19BrClNO/c1-3-10-20-12(2)14-9-8-13(18)11-17(14)21-16-7-5-4-6-15(16)19/h4-9,11-12,20H,3,10H2,1-2H3. The molecule has 0 saturated carbocycles. The fraction of sp³-hybridized carbons (Fsp3) is 0.294. The first kappa shape index (κ1) is 16.3. The van der Waals surface area contributed by atoms with E-state index in [0.717, 1.165) is 28.8 Å². The second kappa shape index (κ2) is 7.83. The molecule has 0 aliphatic heterocycles. The molecular formula is C17H19BrClNO. The molecule has 21 heavy (non-hydrogen) atoms. The van der Waals surface area contributed by atoms with E-state index in [1.807, 2.05) is 36.4 Å². The third kappa shape index (κ3) is 4.47. The van der Waals surface area contributed by atoms with Gasteiger partial charge in [0.15, 0.2) is 0 Å². The van der Waals surface area contributed by atoms with Crippen LogP contribution in [0.1, 0.15) is 31.9 Å². The van der Waals surface area contributed by atoms with Crippen LogP contribution in [-0.4, -0.2) is 6.54 Å². The molecule has 0 aliphatic rings. The number of para-hydroxylation sites is 1. The monoisotopic (exact) mass is 367 g/mol. The zero-order chi connectivity index (χ0) is 15.2. The van der Waals surface area contributed by atoms with Gasteiger partial charge in [0.05, 0.1) is 5.02 Å². The highest BCUT2D eigenvalue weighted by Crippen LogP contribution is 2.35. The normalized spacial score (nSPS) is 12.2. The molecule has 112 valence electrons. The summed E-state index contributed by atoms with van der Waals surface area (Å²) >= 11 is 9.67. The minimum Gasteiger partial charge on any atom is -0.455 e. The van der Waals surface area contributed by atoms with Crippen LogP contribution in [0.4, 0.5) is 0 Å². The van der Waals surface area contributed by atoms with Crippen molar-refractivity contribution >= 4 is 27.5 Å². The first-order chi connectivity index (χ1) is 10.1. The van der Waals surface area contributed by atoms with Crippen LogP contribution in [0.15, 0.2) is 46.9 Å². The molecule has 0 fully saturated rings. The fourth-order valence-corrected chi connectivity index (χ4v) is 2.59. The van der Waals surface area contributed by atoms with Gasteiger partial charge in [0.2, 0.25) is 0 Å². The van der Waals surface area contributed by atoms with Crippen LogP contribution < -0.4 is 10.1 Å². The van der Waals surface area contributed by atoms with E-state index in [0.29, 0.717) is 10.8 Å². The van der Waals surface area contributed by atoms with Crippen LogP contribution in [0.5, 0.6) is 11.5 Å². The minimum atomic E-state index is 0.218. The SMILES string of the molecule is CCCNC(C)c1ccc(Br)cc1Oc1ccccc1Cl. The highest BCUT2D eigenvalue weighted by molar-refractivity contribution is 9.10. The van der Waals surface area contributed by atoms with Crippen molar-refractivity contribution in [2.24, 2.45) is 0 Å². The second-order valence-corrected chi connectivity index (χ2v) is 6.21. The molecule has 2 rings (SSSR count). The summed E-state index contributed by atoms with van der Waals surface area (Å²) in [6.07, 6.45) is 1.10. The first-order valence-electron chi connectivity index (χ1n) is 7.07. The molecule has 0 amide bonds. The molecule has 0 radical (unpaired) electrons. The number of benzene rings is 2.